The molecule has 2 N–H and O–H groups in total. The Balaban J connectivity index is 1.57. The monoisotopic (exact) mass is 374 g/mol. The lowest BCUT2D eigenvalue weighted by atomic mass is 9.88. The Hall–Kier alpha value is -2.21. The molecule has 0 aliphatic heterocycles. The highest BCUT2D eigenvalue weighted by atomic mass is 32.1. The number of nitrogens with one attached hydrogen (secondary N) is 2. The summed E-state index contributed by atoms with van der Waals surface area (Å²) in [5.41, 5.74) is 1.74. The molecule has 0 spiro atoms. The molecule has 3 rings (SSSR count). The van der Waals surface area contributed by atoms with Crippen molar-refractivity contribution in [3.05, 3.63) is 46.4 Å². The molecule has 1 fully saturated rings. The average Bonchev–Trinajstić information content (AvgIpc) is 3.17. The van der Waals surface area contributed by atoms with Crippen LogP contribution >= 0.6 is 11.3 Å². The normalized spacial score (nSPS) is 14.8. The number of anilines is 2. The molecule has 138 valence electrons. The Labute approximate surface area is 156 Å². The fourth-order valence-electron chi connectivity index (χ4n) is 3.21. The molecule has 2 amide bonds. The molecule has 1 aromatic heterocycles. The molecule has 4 nitrogen and oxygen atoms in total. The lowest BCUT2D eigenvalue weighted by Crippen LogP contribution is -2.25. The third kappa shape index (κ3) is 5.14. The molecule has 26 heavy (non-hydrogen) atoms. The minimum atomic E-state index is -0.495. The highest BCUT2D eigenvalue weighted by Crippen LogP contribution is 2.26. The van der Waals surface area contributed by atoms with Crippen molar-refractivity contribution in [2.24, 2.45) is 5.92 Å². The quantitative estimate of drug-likeness (QED) is 0.749. The van der Waals surface area contributed by atoms with Gasteiger partial charge in [0.05, 0.1) is 5.69 Å². The van der Waals surface area contributed by atoms with Crippen LogP contribution in [0.15, 0.2) is 35.0 Å². The summed E-state index contributed by atoms with van der Waals surface area (Å²) in [6.07, 6.45) is 5.98. The molecule has 2 aromatic rings. The summed E-state index contributed by atoms with van der Waals surface area (Å²) in [4.78, 5) is 24.4. The standard InChI is InChI=1S/C20H23FN2O2S/c21-17-8-7-16(22-19(24)9-6-14-10-11-26-13-14)12-18(17)23-20(25)15-4-2-1-3-5-15/h7-8,10-13,15H,1-6,9H2,(H,22,24)(H,23,25). The molecule has 1 aliphatic rings. The molecule has 0 radical (unpaired) electrons. The van der Waals surface area contributed by atoms with E-state index >= 15 is 0 Å². The summed E-state index contributed by atoms with van der Waals surface area (Å²) in [5, 5.41) is 9.45. The van der Waals surface area contributed by atoms with E-state index in [0.717, 1.165) is 37.7 Å². The van der Waals surface area contributed by atoms with Crippen molar-refractivity contribution in [2.45, 2.75) is 44.9 Å². The number of hydrogen-bond acceptors (Lipinski definition) is 3. The molecule has 0 saturated heterocycles. The van der Waals surface area contributed by atoms with Crippen molar-refractivity contribution in [1.29, 1.82) is 0 Å². The largest absolute Gasteiger partial charge is 0.326 e. The van der Waals surface area contributed by atoms with E-state index in [2.05, 4.69) is 10.6 Å². The van der Waals surface area contributed by atoms with Crippen molar-refractivity contribution in [1.82, 2.24) is 0 Å². The number of rotatable bonds is 6. The van der Waals surface area contributed by atoms with Crippen molar-refractivity contribution < 1.29 is 14.0 Å². The van der Waals surface area contributed by atoms with Crippen LogP contribution in [-0.2, 0) is 16.0 Å². The predicted octanol–water partition coefficient (Wildman–Crippen LogP) is 4.98. The Morgan fingerprint density at radius 1 is 1.12 bits per heavy atom. The molecule has 6 heteroatoms. The highest BCUT2D eigenvalue weighted by molar-refractivity contribution is 7.07. The van der Waals surface area contributed by atoms with Crippen LogP contribution in [0.5, 0.6) is 0 Å². The number of carbonyl (C=O) groups excluding carboxylic acids is 2. The van der Waals surface area contributed by atoms with Crippen LogP contribution in [0.25, 0.3) is 0 Å². The van der Waals surface area contributed by atoms with E-state index in [1.54, 1.807) is 11.3 Å². The summed E-state index contributed by atoms with van der Waals surface area (Å²) < 4.78 is 14.0. The van der Waals surface area contributed by atoms with Gasteiger partial charge in [-0.15, -0.1) is 0 Å². The van der Waals surface area contributed by atoms with Crippen molar-refractivity contribution in [3.8, 4) is 0 Å². The highest BCUT2D eigenvalue weighted by Gasteiger charge is 2.22. The predicted molar refractivity (Wildman–Crippen MR) is 103 cm³/mol. The van der Waals surface area contributed by atoms with Crippen molar-refractivity contribution in [3.63, 3.8) is 0 Å². The van der Waals surface area contributed by atoms with Gasteiger partial charge in [-0.2, -0.15) is 11.3 Å². The van der Waals surface area contributed by atoms with E-state index in [1.807, 2.05) is 16.8 Å². The fraction of sp³-hybridized carbons (Fsp3) is 0.400. The van der Waals surface area contributed by atoms with Gasteiger partial charge in [-0.05, 0) is 59.9 Å². The van der Waals surface area contributed by atoms with Gasteiger partial charge in [0.1, 0.15) is 5.82 Å². The van der Waals surface area contributed by atoms with Crippen LogP contribution in [0.3, 0.4) is 0 Å². The number of amides is 2. The molecule has 1 heterocycles. The summed E-state index contributed by atoms with van der Waals surface area (Å²) in [5.74, 6) is -0.811. The molecule has 1 aliphatic carbocycles. The van der Waals surface area contributed by atoms with Gasteiger partial charge in [0, 0.05) is 18.0 Å². The number of benzene rings is 1. The zero-order chi connectivity index (χ0) is 18.4. The fourth-order valence-corrected chi connectivity index (χ4v) is 3.92. The second kappa shape index (κ2) is 8.94. The Bertz CT molecular complexity index is 755. The van der Waals surface area contributed by atoms with Crippen molar-refractivity contribution in [2.75, 3.05) is 10.6 Å². The van der Waals surface area contributed by atoms with E-state index in [4.69, 9.17) is 0 Å². The van der Waals surface area contributed by atoms with Gasteiger partial charge in [-0.3, -0.25) is 9.59 Å². The molecule has 0 bridgehead atoms. The van der Waals surface area contributed by atoms with E-state index in [1.165, 1.54) is 18.2 Å². The average molecular weight is 374 g/mol. The third-order valence-corrected chi connectivity index (χ3v) is 5.44. The lowest BCUT2D eigenvalue weighted by molar-refractivity contribution is -0.120. The lowest BCUT2D eigenvalue weighted by Gasteiger charge is -2.21. The molecule has 1 aromatic carbocycles. The first-order chi connectivity index (χ1) is 12.6. The first-order valence-electron chi connectivity index (χ1n) is 9.03. The Kier molecular flexibility index (Phi) is 6.39. The number of thiophene rings is 1. The zero-order valence-corrected chi connectivity index (χ0v) is 15.4. The third-order valence-electron chi connectivity index (χ3n) is 4.70. The van der Waals surface area contributed by atoms with Gasteiger partial charge in [0.2, 0.25) is 11.8 Å². The molecule has 1 saturated carbocycles. The topological polar surface area (TPSA) is 58.2 Å². The van der Waals surface area contributed by atoms with Crippen LogP contribution in [-0.4, -0.2) is 11.8 Å². The van der Waals surface area contributed by atoms with Crippen LogP contribution in [0.4, 0.5) is 15.8 Å². The molecule has 0 atom stereocenters. The smallest absolute Gasteiger partial charge is 0.227 e. The number of aryl methyl sites for hydroxylation is 1. The maximum absolute atomic E-state index is 14.0. The van der Waals surface area contributed by atoms with Gasteiger partial charge in [-0.1, -0.05) is 19.3 Å². The summed E-state index contributed by atoms with van der Waals surface area (Å²) in [6.45, 7) is 0. The summed E-state index contributed by atoms with van der Waals surface area (Å²) in [6, 6.07) is 6.26. The molecule has 0 unspecified atom stereocenters. The number of hydrogen-bond donors (Lipinski definition) is 2. The Morgan fingerprint density at radius 2 is 1.92 bits per heavy atom. The second-order valence-corrected chi connectivity index (χ2v) is 7.48. The SMILES string of the molecule is O=C(CCc1ccsc1)Nc1ccc(F)c(NC(=O)C2CCCCC2)c1. The summed E-state index contributed by atoms with van der Waals surface area (Å²) in [7, 11) is 0. The second-order valence-electron chi connectivity index (χ2n) is 6.70. The van der Waals surface area contributed by atoms with Crippen LogP contribution in [0.1, 0.15) is 44.1 Å². The van der Waals surface area contributed by atoms with Gasteiger partial charge in [-0.25, -0.2) is 4.39 Å². The maximum atomic E-state index is 14.0. The van der Waals surface area contributed by atoms with Crippen LogP contribution < -0.4 is 10.6 Å². The Morgan fingerprint density at radius 3 is 2.65 bits per heavy atom. The first-order valence-corrected chi connectivity index (χ1v) is 9.97. The van der Waals surface area contributed by atoms with E-state index in [9.17, 15) is 14.0 Å². The first kappa shape index (κ1) is 18.6. The van der Waals surface area contributed by atoms with Gasteiger partial charge in [0.25, 0.3) is 0 Å². The molecular weight excluding hydrogens is 351 g/mol. The van der Waals surface area contributed by atoms with Crippen molar-refractivity contribution >= 4 is 34.5 Å². The maximum Gasteiger partial charge on any atom is 0.227 e. The van der Waals surface area contributed by atoms with E-state index < -0.39 is 5.82 Å². The van der Waals surface area contributed by atoms with Crippen LogP contribution in [0, 0.1) is 11.7 Å². The minimum Gasteiger partial charge on any atom is -0.326 e. The van der Waals surface area contributed by atoms with Gasteiger partial charge < -0.3 is 10.6 Å². The van der Waals surface area contributed by atoms with Crippen LogP contribution in [0.2, 0.25) is 0 Å². The minimum absolute atomic E-state index is 0.0491. The van der Waals surface area contributed by atoms with E-state index in [-0.39, 0.29) is 23.4 Å². The van der Waals surface area contributed by atoms with Gasteiger partial charge in [0.15, 0.2) is 0 Å². The summed E-state index contributed by atoms with van der Waals surface area (Å²) >= 11 is 1.60. The zero-order valence-electron chi connectivity index (χ0n) is 14.6. The van der Waals surface area contributed by atoms with Gasteiger partial charge >= 0.3 is 0 Å². The number of halogens is 1. The van der Waals surface area contributed by atoms with E-state index in [0.29, 0.717) is 18.5 Å². The molecular formula is C20H23FN2O2S. The number of carbonyl (C=O) groups is 2.